The number of para-hydroxylation sites is 2. The van der Waals surface area contributed by atoms with E-state index in [0.717, 1.165) is 42.8 Å². The van der Waals surface area contributed by atoms with Crippen LogP contribution in [0.15, 0.2) is 60.8 Å². The van der Waals surface area contributed by atoms with E-state index in [1.807, 2.05) is 53.6 Å². The maximum absolute atomic E-state index is 13.0. The third-order valence-corrected chi connectivity index (χ3v) is 5.92. The largest absolute Gasteiger partial charge is 0.361 e. The maximum Gasteiger partial charge on any atom is 0.222 e. The fraction of sp³-hybridized carbons (Fsp3) is 0.304. The first-order chi connectivity index (χ1) is 14.8. The van der Waals surface area contributed by atoms with Gasteiger partial charge in [-0.2, -0.15) is 4.68 Å². The molecule has 1 fully saturated rings. The van der Waals surface area contributed by atoms with Crippen molar-refractivity contribution in [2.45, 2.75) is 31.6 Å². The van der Waals surface area contributed by atoms with Gasteiger partial charge in [-0.1, -0.05) is 36.4 Å². The molecule has 1 saturated heterocycles. The minimum Gasteiger partial charge on any atom is -0.361 e. The highest BCUT2D eigenvalue weighted by molar-refractivity contribution is 5.84. The number of aromatic amines is 1. The summed E-state index contributed by atoms with van der Waals surface area (Å²) in [5, 5.41) is 13.6. The van der Waals surface area contributed by atoms with E-state index in [0.29, 0.717) is 13.0 Å². The van der Waals surface area contributed by atoms with E-state index in [9.17, 15) is 4.79 Å². The second-order valence-electron chi connectivity index (χ2n) is 7.82. The SMILES string of the molecule is O=C(CCc1c[nH]c2ccccc12)N1CCCC(c2nnnn2-c2ccccc2)C1. The molecule has 1 N–H and O–H groups in total. The average Bonchev–Trinajstić information content (AvgIpc) is 3.46. The van der Waals surface area contributed by atoms with Gasteiger partial charge in [-0.3, -0.25) is 4.79 Å². The molecule has 7 heteroatoms. The molecule has 30 heavy (non-hydrogen) atoms. The van der Waals surface area contributed by atoms with Crippen LogP contribution >= 0.6 is 0 Å². The summed E-state index contributed by atoms with van der Waals surface area (Å²) in [5.41, 5.74) is 3.26. The van der Waals surface area contributed by atoms with E-state index < -0.39 is 0 Å². The van der Waals surface area contributed by atoms with Gasteiger partial charge in [0.1, 0.15) is 0 Å². The number of fused-ring (bicyclic) bond motifs is 1. The van der Waals surface area contributed by atoms with Crippen molar-refractivity contribution < 1.29 is 4.79 Å². The van der Waals surface area contributed by atoms with Crippen LogP contribution in [-0.4, -0.2) is 49.1 Å². The van der Waals surface area contributed by atoms with Gasteiger partial charge < -0.3 is 9.88 Å². The van der Waals surface area contributed by atoms with Gasteiger partial charge in [-0.25, -0.2) is 0 Å². The molecular weight excluding hydrogens is 376 g/mol. The first-order valence-corrected chi connectivity index (χ1v) is 10.5. The molecule has 4 aromatic rings. The molecule has 1 atom stereocenters. The molecule has 2 aromatic heterocycles. The zero-order valence-electron chi connectivity index (χ0n) is 16.7. The Balaban J connectivity index is 1.27. The lowest BCUT2D eigenvalue weighted by Gasteiger charge is -2.32. The van der Waals surface area contributed by atoms with Crippen LogP contribution in [0.1, 0.15) is 36.6 Å². The molecule has 0 spiro atoms. The highest BCUT2D eigenvalue weighted by Gasteiger charge is 2.28. The average molecular weight is 400 g/mol. The van der Waals surface area contributed by atoms with Crippen LogP contribution < -0.4 is 0 Å². The van der Waals surface area contributed by atoms with Crippen LogP contribution in [0.5, 0.6) is 0 Å². The van der Waals surface area contributed by atoms with E-state index in [4.69, 9.17) is 0 Å². The quantitative estimate of drug-likeness (QED) is 0.556. The summed E-state index contributed by atoms with van der Waals surface area (Å²) in [5.74, 6) is 1.17. The Morgan fingerprint density at radius 3 is 2.83 bits per heavy atom. The van der Waals surface area contributed by atoms with Gasteiger partial charge in [0, 0.05) is 42.5 Å². The lowest BCUT2D eigenvalue weighted by atomic mass is 9.96. The molecule has 1 aliphatic rings. The summed E-state index contributed by atoms with van der Waals surface area (Å²) in [6, 6.07) is 18.1. The number of carbonyl (C=O) groups is 1. The Labute approximate surface area is 174 Å². The van der Waals surface area contributed by atoms with Crippen molar-refractivity contribution in [3.05, 3.63) is 72.2 Å². The van der Waals surface area contributed by atoms with Crippen LogP contribution in [0, 0.1) is 0 Å². The van der Waals surface area contributed by atoms with Crippen molar-refractivity contribution in [3.63, 3.8) is 0 Å². The van der Waals surface area contributed by atoms with Gasteiger partial charge in [0.15, 0.2) is 5.82 Å². The number of aryl methyl sites for hydroxylation is 1. The van der Waals surface area contributed by atoms with E-state index >= 15 is 0 Å². The highest BCUT2D eigenvalue weighted by atomic mass is 16.2. The Morgan fingerprint density at radius 2 is 1.93 bits per heavy atom. The van der Waals surface area contributed by atoms with Gasteiger partial charge >= 0.3 is 0 Å². The molecule has 2 aromatic carbocycles. The highest BCUT2D eigenvalue weighted by Crippen LogP contribution is 2.27. The molecule has 0 radical (unpaired) electrons. The number of H-pyrrole nitrogens is 1. The first kappa shape index (κ1) is 18.5. The van der Waals surface area contributed by atoms with Crippen LogP contribution in [0.2, 0.25) is 0 Å². The summed E-state index contributed by atoms with van der Waals surface area (Å²) in [6.45, 7) is 1.47. The predicted octanol–water partition coefficient (Wildman–Crippen LogP) is 3.48. The van der Waals surface area contributed by atoms with Crippen LogP contribution in [0.25, 0.3) is 16.6 Å². The molecule has 0 aliphatic carbocycles. The van der Waals surface area contributed by atoms with E-state index in [-0.39, 0.29) is 11.8 Å². The number of nitrogens with zero attached hydrogens (tertiary/aromatic N) is 5. The number of hydrogen-bond donors (Lipinski definition) is 1. The van der Waals surface area contributed by atoms with Crippen molar-refractivity contribution in [2.75, 3.05) is 13.1 Å². The number of benzene rings is 2. The smallest absolute Gasteiger partial charge is 0.222 e. The standard InChI is InChI=1S/C23H24N6O/c30-22(13-12-17-15-24-21-11-5-4-10-20(17)21)28-14-6-7-18(16-28)23-25-26-27-29(23)19-8-2-1-3-9-19/h1-5,8-11,15,18,24H,6-7,12-14,16H2. The molecule has 7 nitrogen and oxygen atoms in total. The zero-order chi connectivity index (χ0) is 20.3. The maximum atomic E-state index is 13.0. The molecule has 152 valence electrons. The number of piperidine rings is 1. The molecular formula is C23H24N6O. The topological polar surface area (TPSA) is 79.7 Å². The molecule has 1 unspecified atom stereocenters. The van der Waals surface area contributed by atoms with E-state index in [1.54, 1.807) is 4.68 Å². The summed E-state index contributed by atoms with van der Waals surface area (Å²) in [4.78, 5) is 18.2. The first-order valence-electron chi connectivity index (χ1n) is 10.5. The molecule has 3 heterocycles. The van der Waals surface area contributed by atoms with Crippen molar-refractivity contribution in [1.29, 1.82) is 0 Å². The van der Waals surface area contributed by atoms with Gasteiger partial charge in [0.05, 0.1) is 5.69 Å². The molecule has 1 amide bonds. The molecule has 0 saturated carbocycles. The van der Waals surface area contributed by atoms with Crippen LogP contribution in [-0.2, 0) is 11.2 Å². The predicted molar refractivity (Wildman–Crippen MR) is 114 cm³/mol. The lowest BCUT2D eigenvalue weighted by molar-refractivity contribution is -0.132. The summed E-state index contributed by atoms with van der Waals surface area (Å²) < 4.78 is 1.80. The number of amides is 1. The minimum absolute atomic E-state index is 0.144. The van der Waals surface area contributed by atoms with Crippen LogP contribution in [0.3, 0.4) is 0 Å². The lowest BCUT2D eigenvalue weighted by Crippen LogP contribution is -2.39. The zero-order valence-corrected chi connectivity index (χ0v) is 16.7. The van der Waals surface area contributed by atoms with Crippen molar-refractivity contribution in [1.82, 2.24) is 30.1 Å². The van der Waals surface area contributed by atoms with Crippen LogP contribution in [0.4, 0.5) is 0 Å². The van der Waals surface area contributed by atoms with Crippen molar-refractivity contribution in [3.8, 4) is 5.69 Å². The Hall–Kier alpha value is -3.48. The van der Waals surface area contributed by atoms with E-state index in [1.165, 1.54) is 10.9 Å². The summed E-state index contributed by atoms with van der Waals surface area (Å²) >= 11 is 0. The third kappa shape index (κ3) is 3.58. The monoisotopic (exact) mass is 400 g/mol. The number of hydrogen-bond acceptors (Lipinski definition) is 4. The number of carbonyl (C=O) groups excluding carboxylic acids is 1. The third-order valence-electron chi connectivity index (χ3n) is 5.92. The van der Waals surface area contributed by atoms with Gasteiger partial charge in [-0.05, 0) is 53.5 Å². The van der Waals surface area contributed by atoms with Gasteiger partial charge in [0.25, 0.3) is 0 Å². The number of rotatable bonds is 5. The Morgan fingerprint density at radius 1 is 1.10 bits per heavy atom. The van der Waals surface area contributed by atoms with Gasteiger partial charge in [0.2, 0.25) is 5.91 Å². The van der Waals surface area contributed by atoms with Crippen molar-refractivity contribution >= 4 is 16.8 Å². The Kier molecular flexibility index (Phi) is 5.01. The Bertz CT molecular complexity index is 1150. The number of likely N-dealkylation sites (tertiary alicyclic amines) is 1. The normalized spacial score (nSPS) is 16.8. The molecule has 0 bridgehead atoms. The summed E-state index contributed by atoms with van der Waals surface area (Å²) in [6.07, 6.45) is 5.22. The second-order valence-corrected chi connectivity index (χ2v) is 7.82. The summed E-state index contributed by atoms with van der Waals surface area (Å²) in [7, 11) is 0. The van der Waals surface area contributed by atoms with Crippen molar-refractivity contribution in [2.24, 2.45) is 0 Å². The van der Waals surface area contributed by atoms with E-state index in [2.05, 4.69) is 32.6 Å². The number of aromatic nitrogens is 5. The molecule has 1 aliphatic heterocycles. The minimum atomic E-state index is 0.144. The number of tetrazole rings is 1. The fourth-order valence-electron chi connectivity index (χ4n) is 4.35. The fourth-order valence-corrected chi connectivity index (χ4v) is 4.35. The number of nitrogens with one attached hydrogen (secondary N) is 1. The molecule has 5 rings (SSSR count). The van der Waals surface area contributed by atoms with Gasteiger partial charge in [-0.15, -0.1) is 5.10 Å². The second kappa shape index (κ2) is 8.10.